The third-order valence-corrected chi connectivity index (χ3v) is 2.72. The molecule has 3 heteroatoms. The number of hydrogen-bond acceptors (Lipinski definition) is 2. The van der Waals surface area contributed by atoms with E-state index in [1.807, 2.05) is 19.1 Å². The topological polar surface area (TPSA) is 43.1 Å². The predicted octanol–water partition coefficient (Wildman–Crippen LogP) is 3.46. The molecular formula is C14H12ClNO. The Balaban J connectivity index is 2.40. The number of aryl methyl sites for hydroxylation is 1. The quantitative estimate of drug-likeness (QED) is 0.650. The van der Waals surface area contributed by atoms with Crippen LogP contribution in [0.1, 0.15) is 21.5 Å². The highest BCUT2D eigenvalue weighted by Gasteiger charge is 2.09. The molecule has 0 aromatic heterocycles. The second-order valence-corrected chi connectivity index (χ2v) is 4.40. The van der Waals surface area contributed by atoms with Gasteiger partial charge in [0.25, 0.3) is 0 Å². The summed E-state index contributed by atoms with van der Waals surface area (Å²) in [5.41, 5.74) is 8.51. The number of benzene rings is 2. The van der Waals surface area contributed by atoms with Crippen LogP contribution in [0.3, 0.4) is 0 Å². The van der Waals surface area contributed by atoms with Gasteiger partial charge in [0.1, 0.15) is 0 Å². The molecule has 2 N–H and O–H groups in total. The normalized spacial score (nSPS) is 10.2. The van der Waals surface area contributed by atoms with E-state index in [1.54, 1.807) is 30.3 Å². The van der Waals surface area contributed by atoms with E-state index in [9.17, 15) is 4.79 Å². The van der Waals surface area contributed by atoms with E-state index in [-0.39, 0.29) is 5.78 Å². The molecule has 0 aliphatic rings. The zero-order chi connectivity index (χ0) is 12.4. The van der Waals surface area contributed by atoms with E-state index in [2.05, 4.69) is 0 Å². The number of carbonyl (C=O) groups excluding carboxylic acids is 1. The number of ketones is 1. The van der Waals surface area contributed by atoms with Crippen LogP contribution in [0.4, 0.5) is 5.69 Å². The van der Waals surface area contributed by atoms with Crippen LogP contribution in [0.2, 0.25) is 5.02 Å². The van der Waals surface area contributed by atoms with Gasteiger partial charge in [0, 0.05) is 21.8 Å². The Labute approximate surface area is 105 Å². The van der Waals surface area contributed by atoms with Gasteiger partial charge in [0.15, 0.2) is 5.78 Å². The highest BCUT2D eigenvalue weighted by Crippen LogP contribution is 2.17. The molecule has 2 aromatic carbocycles. The van der Waals surface area contributed by atoms with Gasteiger partial charge >= 0.3 is 0 Å². The molecule has 0 aliphatic heterocycles. The van der Waals surface area contributed by atoms with Gasteiger partial charge in [-0.2, -0.15) is 0 Å². The van der Waals surface area contributed by atoms with Crippen molar-refractivity contribution in [2.24, 2.45) is 0 Å². The maximum atomic E-state index is 12.2. The Morgan fingerprint density at radius 1 is 1.06 bits per heavy atom. The molecule has 2 aromatic rings. The van der Waals surface area contributed by atoms with Crippen molar-refractivity contribution in [1.82, 2.24) is 0 Å². The number of hydrogen-bond donors (Lipinski definition) is 1. The first-order valence-electron chi connectivity index (χ1n) is 5.24. The second kappa shape index (κ2) is 4.60. The Morgan fingerprint density at radius 3 is 2.29 bits per heavy atom. The van der Waals surface area contributed by atoms with Crippen LogP contribution in [0.25, 0.3) is 0 Å². The third-order valence-electron chi connectivity index (χ3n) is 2.47. The minimum absolute atomic E-state index is 0.0444. The Morgan fingerprint density at radius 2 is 1.71 bits per heavy atom. The summed E-state index contributed by atoms with van der Waals surface area (Å²) in [4.78, 5) is 12.2. The van der Waals surface area contributed by atoms with Gasteiger partial charge in [0.2, 0.25) is 0 Å². The summed E-state index contributed by atoms with van der Waals surface area (Å²) in [6.07, 6.45) is 0. The molecule has 2 rings (SSSR count). The fourth-order valence-electron chi connectivity index (χ4n) is 1.71. The summed E-state index contributed by atoms with van der Waals surface area (Å²) in [5, 5.41) is 0.616. The number of rotatable bonds is 2. The van der Waals surface area contributed by atoms with Gasteiger partial charge in [-0.3, -0.25) is 4.79 Å². The maximum Gasteiger partial charge on any atom is 0.193 e. The van der Waals surface area contributed by atoms with Crippen LogP contribution in [-0.4, -0.2) is 5.78 Å². The standard InChI is InChI=1S/C14H12ClNO/c1-9-6-11(8-13(16)7-9)14(17)10-2-4-12(15)5-3-10/h2-8H,16H2,1H3. The molecule has 0 amide bonds. The minimum atomic E-state index is -0.0444. The van der Waals surface area contributed by atoms with Gasteiger partial charge < -0.3 is 5.73 Å². The van der Waals surface area contributed by atoms with Gasteiger partial charge in [-0.25, -0.2) is 0 Å². The van der Waals surface area contributed by atoms with Crippen LogP contribution in [0.15, 0.2) is 42.5 Å². The Kier molecular flexibility index (Phi) is 3.16. The van der Waals surface area contributed by atoms with Crippen molar-refractivity contribution in [2.75, 3.05) is 5.73 Å². The van der Waals surface area contributed by atoms with E-state index >= 15 is 0 Å². The molecule has 17 heavy (non-hydrogen) atoms. The molecular weight excluding hydrogens is 234 g/mol. The van der Waals surface area contributed by atoms with Gasteiger partial charge in [0.05, 0.1) is 0 Å². The molecule has 0 fully saturated rings. The third kappa shape index (κ3) is 2.66. The molecule has 0 heterocycles. The van der Waals surface area contributed by atoms with E-state index in [1.165, 1.54) is 0 Å². The Bertz CT molecular complexity index is 541. The lowest BCUT2D eigenvalue weighted by Crippen LogP contribution is -2.02. The average Bonchev–Trinajstić information content (AvgIpc) is 2.28. The van der Waals surface area contributed by atoms with Gasteiger partial charge in [-0.1, -0.05) is 11.6 Å². The van der Waals surface area contributed by atoms with Crippen molar-refractivity contribution in [1.29, 1.82) is 0 Å². The zero-order valence-electron chi connectivity index (χ0n) is 9.41. The first-order valence-corrected chi connectivity index (χ1v) is 5.61. The second-order valence-electron chi connectivity index (χ2n) is 3.97. The molecule has 0 atom stereocenters. The number of nitrogens with two attached hydrogens (primary N) is 1. The number of anilines is 1. The molecule has 0 saturated heterocycles. The SMILES string of the molecule is Cc1cc(N)cc(C(=O)c2ccc(Cl)cc2)c1. The van der Waals surface area contributed by atoms with Crippen LogP contribution >= 0.6 is 11.6 Å². The summed E-state index contributed by atoms with van der Waals surface area (Å²) in [6, 6.07) is 12.2. The molecule has 86 valence electrons. The number of halogens is 1. The molecule has 0 unspecified atom stereocenters. The fourth-order valence-corrected chi connectivity index (χ4v) is 1.84. The van der Waals surface area contributed by atoms with E-state index in [0.717, 1.165) is 5.56 Å². The summed E-state index contributed by atoms with van der Waals surface area (Å²) in [7, 11) is 0. The average molecular weight is 246 g/mol. The highest BCUT2D eigenvalue weighted by atomic mass is 35.5. The van der Waals surface area contributed by atoms with Crippen LogP contribution < -0.4 is 5.73 Å². The van der Waals surface area contributed by atoms with Crippen molar-refractivity contribution < 1.29 is 4.79 Å². The summed E-state index contributed by atoms with van der Waals surface area (Å²) in [6.45, 7) is 1.91. The van der Waals surface area contributed by atoms with Crippen molar-refractivity contribution in [3.63, 3.8) is 0 Å². The van der Waals surface area contributed by atoms with Crippen LogP contribution in [-0.2, 0) is 0 Å². The van der Waals surface area contributed by atoms with E-state index in [0.29, 0.717) is 21.8 Å². The lowest BCUT2D eigenvalue weighted by atomic mass is 10.0. The van der Waals surface area contributed by atoms with E-state index < -0.39 is 0 Å². The summed E-state index contributed by atoms with van der Waals surface area (Å²) < 4.78 is 0. The summed E-state index contributed by atoms with van der Waals surface area (Å²) >= 11 is 5.78. The minimum Gasteiger partial charge on any atom is -0.399 e. The first kappa shape index (κ1) is 11.7. The monoisotopic (exact) mass is 245 g/mol. The van der Waals surface area contributed by atoms with E-state index in [4.69, 9.17) is 17.3 Å². The molecule has 0 saturated carbocycles. The first-order chi connectivity index (χ1) is 8.06. The summed E-state index contributed by atoms with van der Waals surface area (Å²) in [5.74, 6) is -0.0444. The van der Waals surface area contributed by atoms with Crippen LogP contribution in [0, 0.1) is 6.92 Å². The molecule has 2 nitrogen and oxygen atoms in total. The molecule has 0 bridgehead atoms. The van der Waals surface area contributed by atoms with Crippen molar-refractivity contribution in [3.8, 4) is 0 Å². The predicted molar refractivity (Wildman–Crippen MR) is 70.5 cm³/mol. The van der Waals surface area contributed by atoms with Crippen molar-refractivity contribution >= 4 is 23.1 Å². The fraction of sp³-hybridized carbons (Fsp3) is 0.0714. The number of nitrogen functional groups attached to an aromatic ring is 1. The zero-order valence-corrected chi connectivity index (χ0v) is 10.2. The van der Waals surface area contributed by atoms with Crippen LogP contribution in [0.5, 0.6) is 0 Å². The Hall–Kier alpha value is -1.80. The molecule has 0 spiro atoms. The van der Waals surface area contributed by atoms with Crippen molar-refractivity contribution in [2.45, 2.75) is 6.92 Å². The largest absolute Gasteiger partial charge is 0.399 e. The van der Waals surface area contributed by atoms with Crippen molar-refractivity contribution in [3.05, 3.63) is 64.2 Å². The van der Waals surface area contributed by atoms with Gasteiger partial charge in [-0.15, -0.1) is 0 Å². The molecule has 0 aliphatic carbocycles. The lowest BCUT2D eigenvalue weighted by Gasteiger charge is -2.04. The van der Waals surface area contributed by atoms with Gasteiger partial charge in [-0.05, 0) is 55.0 Å². The smallest absolute Gasteiger partial charge is 0.193 e. The highest BCUT2D eigenvalue weighted by molar-refractivity contribution is 6.30. The maximum absolute atomic E-state index is 12.2. The molecule has 0 radical (unpaired) electrons. The lowest BCUT2D eigenvalue weighted by molar-refractivity contribution is 0.103. The number of carbonyl (C=O) groups is 1.